The first-order chi connectivity index (χ1) is 9.75. The van der Waals surface area contributed by atoms with Crippen molar-refractivity contribution >= 4 is 0 Å². The van der Waals surface area contributed by atoms with Crippen LogP contribution in [0.4, 0.5) is 0 Å². The zero-order valence-corrected chi connectivity index (χ0v) is 12.3. The van der Waals surface area contributed by atoms with Crippen LogP contribution in [-0.4, -0.2) is 35.5 Å². The Balaban J connectivity index is 1.59. The number of ether oxygens (including phenoxy) is 1. The van der Waals surface area contributed by atoms with Crippen molar-refractivity contribution in [3.05, 3.63) is 30.1 Å². The number of hydrogen-bond acceptors (Lipinski definition) is 4. The van der Waals surface area contributed by atoms with E-state index in [1.165, 1.54) is 19.3 Å². The molecule has 1 fully saturated rings. The summed E-state index contributed by atoms with van der Waals surface area (Å²) in [6.07, 6.45) is 8.44. The molecule has 0 saturated heterocycles. The highest BCUT2D eigenvalue weighted by atomic mass is 16.5. The Hall–Kier alpha value is -0.970. The van der Waals surface area contributed by atoms with Crippen LogP contribution in [0.15, 0.2) is 24.5 Å². The fraction of sp³-hybridized carbons (Fsp3) is 0.688. The van der Waals surface area contributed by atoms with Gasteiger partial charge in [0, 0.05) is 25.5 Å². The van der Waals surface area contributed by atoms with Crippen LogP contribution >= 0.6 is 0 Å². The van der Waals surface area contributed by atoms with Gasteiger partial charge in [-0.05, 0) is 30.4 Å². The lowest BCUT2D eigenvalue weighted by Crippen LogP contribution is -2.34. The fourth-order valence-electron chi connectivity index (χ4n) is 2.71. The number of aromatic nitrogens is 1. The maximum atomic E-state index is 9.94. The highest BCUT2D eigenvalue weighted by molar-refractivity contribution is 5.07. The first-order valence-corrected chi connectivity index (χ1v) is 7.65. The van der Waals surface area contributed by atoms with Crippen molar-refractivity contribution in [3.8, 4) is 0 Å². The molecule has 0 spiro atoms. The molecule has 112 valence electrons. The van der Waals surface area contributed by atoms with E-state index in [0.29, 0.717) is 25.2 Å². The maximum absolute atomic E-state index is 9.94. The number of aliphatic hydroxyl groups is 1. The molecule has 2 N–H and O–H groups in total. The molecule has 1 heterocycles. The standard InChI is InChI=1S/C16H26N2O2/c1-13-5-2-3-7-16(13)20-12-15(19)11-18-10-14-6-4-8-17-9-14/h4,6,8-9,13,15-16,18-19H,2-3,5,7,10-12H2,1H3. The molecule has 4 nitrogen and oxygen atoms in total. The third-order valence-electron chi connectivity index (χ3n) is 3.97. The van der Waals surface area contributed by atoms with Crippen LogP contribution in [0.3, 0.4) is 0 Å². The minimum absolute atomic E-state index is 0.330. The Morgan fingerprint density at radius 1 is 1.45 bits per heavy atom. The van der Waals surface area contributed by atoms with Crippen molar-refractivity contribution in [2.45, 2.75) is 51.4 Å². The molecule has 20 heavy (non-hydrogen) atoms. The summed E-state index contributed by atoms with van der Waals surface area (Å²) in [4.78, 5) is 4.06. The highest BCUT2D eigenvalue weighted by Gasteiger charge is 2.22. The van der Waals surface area contributed by atoms with Gasteiger partial charge in [-0.3, -0.25) is 4.98 Å². The van der Waals surface area contributed by atoms with Gasteiger partial charge in [-0.25, -0.2) is 0 Å². The van der Waals surface area contributed by atoms with Crippen LogP contribution < -0.4 is 5.32 Å². The molecule has 0 aromatic carbocycles. The molecule has 0 bridgehead atoms. The van der Waals surface area contributed by atoms with Gasteiger partial charge in [0.05, 0.1) is 18.8 Å². The van der Waals surface area contributed by atoms with E-state index in [4.69, 9.17) is 4.74 Å². The van der Waals surface area contributed by atoms with Crippen LogP contribution in [0.2, 0.25) is 0 Å². The lowest BCUT2D eigenvalue weighted by molar-refractivity contribution is -0.0452. The van der Waals surface area contributed by atoms with Crippen LogP contribution in [0.25, 0.3) is 0 Å². The molecular formula is C16H26N2O2. The largest absolute Gasteiger partial charge is 0.389 e. The third-order valence-corrected chi connectivity index (χ3v) is 3.97. The Morgan fingerprint density at radius 3 is 3.05 bits per heavy atom. The average Bonchev–Trinajstić information content (AvgIpc) is 2.47. The Bertz CT molecular complexity index is 372. The molecule has 0 radical (unpaired) electrons. The van der Waals surface area contributed by atoms with Crippen LogP contribution in [0, 0.1) is 5.92 Å². The highest BCUT2D eigenvalue weighted by Crippen LogP contribution is 2.26. The van der Waals surface area contributed by atoms with E-state index in [1.54, 1.807) is 6.20 Å². The van der Waals surface area contributed by atoms with Crippen LogP contribution in [0.5, 0.6) is 0 Å². The third kappa shape index (κ3) is 5.19. The van der Waals surface area contributed by atoms with Gasteiger partial charge < -0.3 is 15.2 Å². The van der Waals surface area contributed by atoms with E-state index in [9.17, 15) is 5.11 Å². The van der Waals surface area contributed by atoms with Gasteiger partial charge in [0.2, 0.25) is 0 Å². The lowest BCUT2D eigenvalue weighted by Gasteiger charge is -2.29. The van der Waals surface area contributed by atoms with Gasteiger partial charge in [-0.15, -0.1) is 0 Å². The summed E-state index contributed by atoms with van der Waals surface area (Å²) in [5, 5.41) is 13.2. The molecule has 0 amide bonds. The van der Waals surface area contributed by atoms with Crippen molar-refractivity contribution < 1.29 is 9.84 Å². The first kappa shape index (κ1) is 15.4. The van der Waals surface area contributed by atoms with Crippen LogP contribution in [0.1, 0.15) is 38.2 Å². The Morgan fingerprint density at radius 2 is 2.30 bits per heavy atom. The van der Waals surface area contributed by atoms with Crippen LogP contribution in [-0.2, 0) is 11.3 Å². The predicted molar refractivity (Wildman–Crippen MR) is 79.3 cm³/mol. The van der Waals surface area contributed by atoms with Gasteiger partial charge in [-0.2, -0.15) is 0 Å². The molecule has 3 unspecified atom stereocenters. The quantitative estimate of drug-likeness (QED) is 0.802. The smallest absolute Gasteiger partial charge is 0.0897 e. The van der Waals surface area contributed by atoms with Gasteiger partial charge in [-0.1, -0.05) is 25.8 Å². The van der Waals surface area contributed by atoms with Gasteiger partial charge in [0.15, 0.2) is 0 Å². The van der Waals surface area contributed by atoms with Gasteiger partial charge >= 0.3 is 0 Å². The second kappa shape index (κ2) is 8.35. The number of nitrogens with one attached hydrogen (secondary N) is 1. The van der Waals surface area contributed by atoms with E-state index in [-0.39, 0.29) is 0 Å². The number of hydrogen-bond donors (Lipinski definition) is 2. The summed E-state index contributed by atoms with van der Waals surface area (Å²) in [5.74, 6) is 0.624. The number of nitrogens with zero attached hydrogens (tertiary/aromatic N) is 1. The summed E-state index contributed by atoms with van der Waals surface area (Å²) in [6.45, 7) is 3.95. The predicted octanol–water partition coefficient (Wildman–Crippen LogP) is 2.13. The lowest BCUT2D eigenvalue weighted by atomic mass is 9.88. The van der Waals surface area contributed by atoms with E-state index >= 15 is 0 Å². The molecule has 1 saturated carbocycles. The van der Waals surface area contributed by atoms with E-state index in [0.717, 1.165) is 18.5 Å². The van der Waals surface area contributed by atoms with E-state index in [2.05, 4.69) is 17.2 Å². The monoisotopic (exact) mass is 278 g/mol. The van der Waals surface area contributed by atoms with E-state index in [1.807, 2.05) is 18.3 Å². The topological polar surface area (TPSA) is 54.4 Å². The molecule has 1 aliphatic rings. The maximum Gasteiger partial charge on any atom is 0.0897 e. The fourth-order valence-corrected chi connectivity index (χ4v) is 2.71. The zero-order valence-electron chi connectivity index (χ0n) is 12.3. The molecule has 2 rings (SSSR count). The second-order valence-corrected chi connectivity index (χ2v) is 5.78. The van der Waals surface area contributed by atoms with Gasteiger partial charge in [0.1, 0.15) is 0 Å². The Labute approximate surface area is 121 Å². The summed E-state index contributed by atoms with van der Waals surface area (Å²) in [7, 11) is 0. The molecule has 4 heteroatoms. The normalized spacial score (nSPS) is 24.5. The minimum Gasteiger partial charge on any atom is -0.389 e. The van der Waals surface area contributed by atoms with Crippen molar-refractivity contribution in [3.63, 3.8) is 0 Å². The number of pyridine rings is 1. The van der Waals surface area contributed by atoms with Crippen molar-refractivity contribution in [1.29, 1.82) is 0 Å². The molecule has 1 aromatic heterocycles. The summed E-state index contributed by atoms with van der Waals surface area (Å²) >= 11 is 0. The zero-order chi connectivity index (χ0) is 14.2. The summed E-state index contributed by atoms with van der Waals surface area (Å²) < 4.78 is 5.86. The van der Waals surface area contributed by atoms with Gasteiger partial charge in [0.25, 0.3) is 0 Å². The first-order valence-electron chi connectivity index (χ1n) is 7.65. The minimum atomic E-state index is -0.444. The molecule has 1 aromatic rings. The van der Waals surface area contributed by atoms with Crippen molar-refractivity contribution in [2.75, 3.05) is 13.2 Å². The van der Waals surface area contributed by atoms with Crippen molar-refractivity contribution in [1.82, 2.24) is 10.3 Å². The summed E-state index contributed by atoms with van der Waals surface area (Å²) in [5.41, 5.74) is 1.13. The molecule has 3 atom stereocenters. The SMILES string of the molecule is CC1CCCCC1OCC(O)CNCc1cccnc1. The number of aliphatic hydroxyl groups excluding tert-OH is 1. The molecule has 0 aliphatic heterocycles. The second-order valence-electron chi connectivity index (χ2n) is 5.78. The average molecular weight is 278 g/mol. The van der Waals surface area contributed by atoms with Crippen molar-refractivity contribution in [2.24, 2.45) is 5.92 Å². The number of rotatable bonds is 7. The molecular weight excluding hydrogens is 252 g/mol. The molecule has 1 aliphatic carbocycles. The Kier molecular flexibility index (Phi) is 6.43. The van der Waals surface area contributed by atoms with E-state index < -0.39 is 6.10 Å². The summed E-state index contributed by atoms with van der Waals surface area (Å²) in [6, 6.07) is 3.94.